The molecule has 5 heteroatoms. The average molecular weight is 296 g/mol. The summed E-state index contributed by atoms with van der Waals surface area (Å²) in [5, 5.41) is 11.4. The highest BCUT2D eigenvalue weighted by molar-refractivity contribution is 6.04. The number of nitrogens with one attached hydrogen (secondary N) is 1. The predicted molar refractivity (Wildman–Crippen MR) is 83.5 cm³/mol. The van der Waals surface area contributed by atoms with Crippen LogP contribution in [0.25, 0.3) is 0 Å². The summed E-state index contributed by atoms with van der Waals surface area (Å²) < 4.78 is 0. The summed E-state index contributed by atoms with van der Waals surface area (Å²) in [5.74, 6) is -1.57. The Labute approximate surface area is 128 Å². The Morgan fingerprint density at radius 2 is 1.68 bits per heavy atom. The average Bonchev–Trinajstić information content (AvgIpc) is 2.50. The monoisotopic (exact) mass is 296 g/mol. The number of carboxylic acids is 1. The summed E-state index contributed by atoms with van der Waals surface area (Å²) in [7, 11) is 0. The molecular formula is C17H16N2O3. The Morgan fingerprint density at radius 3 is 2.27 bits per heavy atom. The van der Waals surface area contributed by atoms with Crippen molar-refractivity contribution in [1.29, 1.82) is 0 Å². The highest BCUT2D eigenvalue weighted by atomic mass is 16.4. The number of amides is 1. The first-order valence-electron chi connectivity index (χ1n) is 6.75. The third kappa shape index (κ3) is 4.56. The third-order valence-corrected chi connectivity index (χ3v) is 3.06. The van der Waals surface area contributed by atoms with Crippen LogP contribution in [0.15, 0.2) is 60.4 Å². The van der Waals surface area contributed by atoms with Gasteiger partial charge < -0.3 is 10.4 Å². The number of hydrogen-bond acceptors (Lipinski definition) is 3. The SMILES string of the molecule is C/C(=C\C(=O)Nc1ccc(Cc2ccncc2)cc1)C(=O)O. The van der Waals surface area contributed by atoms with Gasteiger partial charge in [0.1, 0.15) is 0 Å². The molecule has 0 aliphatic carbocycles. The summed E-state index contributed by atoms with van der Waals surface area (Å²) in [5.41, 5.74) is 2.89. The number of benzene rings is 1. The number of anilines is 1. The number of rotatable bonds is 5. The molecule has 0 spiro atoms. The largest absolute Gasteiger partial charge is 0.478 e. The van der Waals surface area contributed by atoms with E-state index in [0.29, 0.717) is 5.69 Å². The maximum absolute atomic E-state index is 11.6. The summed E-state index contributed by atoms with van der Waals surface area (Å²) in [6.07, 6.45) is 5.35. The second-order valence-corrected chi connectivity index (χ2v) is 4.85. The minimum atomic E-state index is -1.11. The van der Waals surface area contributed by atoms with Crippen LogP contribution < -0.4 is 5.32 Å². The number of carbonyl (C=O) groups excluding carboxylic acids is 1. The van der Waals surface area contributed by atoms with E-state index < -0.39 is 11.9 Å². The smallest absolute Gasteiger partial charge is 0.331 e. The van der Waals surface area contributed by atoms with E-state index >= 15 is 0 Å². The van der Waals surface area contributed by atoms with Crippen LogP contribution in [0.3, 0.4) is 0 Å². The van der Waals surface area contributed by atoms with E-state index in [1.807, 2.05) is 24.3 Å². The predicted octanol–water partition coefficient (Wildman–Crippen LogP) is 2.64. The lowest BCUT2D eigenvalue weighted by atomic mass is 10.1. The van der Waals surface area contributed by atoms with Gasteiger partial charge in [-0.3, -0.25) is 9.78 Å². The second-order valence-electron chi connectivity index (χ2n) is 4.85. The lowest BCUT2D eigenvalue weighted by Crippen LogP contribution is -2.10. The van der Waals surface area contributed by atoms with Crippen LogP contribution in [0.4, 0.5) is 5.69 Å². The zero-order valence-corrected chi connectivity index (χ0v) is 12.1. The molecule has 0 saturated heterocycles. The van der Waals surface area contributed by atoms with E-state index in [-0.39, 0.29) is 5.57 Å². The number of aromatic nitrogens is 1. The molecule has 1 amide bonds. The van der Waals surface area contributed by atoms with Gasteiger partial charge in [-0.2, -0.15) is 0 Å². The van der Waals surface area contributed by atoms with Crippen molar-refractivity contribution in [3.8, 4) is 0 Å². The Kier molecular flexibility index (Phi) is 5.03. The topological polar surface area (TPSA) is 79.3 Å². The zero-order valence-electron chi connectivity index (χ0n) is 12.1. The molecule has 0 unspecified atom stereocenters. The van der Waals surface area contributed by atoms with Gasteiger partial charge in [-0.25, -0.2) is 4.79 Å². The van der Waals surface area contributed by atoms with Gasteiger partial charge in [0.2, 0.25) is 5.91 Å². The fourth-order valence-corrected chi connectivity index (χ4v) is 1.88. The quantitative estimate of drug-likeness (QED) is 0.831. The van der Waals surface area contributed by atoms with E-state index in [0.717, 1.165) is 23.6 Å². The molecule has 0 radical (unpaired) electrons. The summed E-state index contributed by atoms with van der Waals surface area (Å²) in [4.78, 5) is 26.3. The fourth-order valence-electron chi connectivity index (χ4n) is 1.88. The minimum Gasteiger partial charge on any atom is -0.478 e. The molecule has 1 aromatic heterocycles. The molecule has 112 valence electrons. The Balaban J connectivity index is 1.99. The summed E-state index contributed by atoms with van der Waals surface area (Å²) in [6.45, 7) is 1.37. The molecule has 0 fully saturated rings. The maximum Gasteiger partial charge on any atom is 0.331 e. The molecule has 5 nitrogen and oxygen atoms in total. The maximum atomic E-state index is 11.6. The van der Waals surface area contributed by atoms with Crippen LogP contribution in [0.2, 0.25) is 0 Å². The molecule has 0 atom stereocenters. The van der Waals surface area contributed by atoms with Gasteiger partial charge in [0, 0.05) is 29.7 Å². The van der Waals surface area contributed by atoms with E-state index in [4.69, 9.17) is 5.11 Å². The summed E-state index contributed by atoms with van der Waals surface area (Å²) in [6, 6.07) is 11.3. The van der Waals surface area contributed by atoms with Crippen molar-refractivity contribution >= 4 is 17.6 Å². The van der Waals surface area contributed by atoms with Crippen molar-refractivity contribution in [3.63, 3.8) is 0 Å². The molecule has 2 rings (SSSR count). The van der Waals surface area contributed by atoms with Crippen molar-refractivity contribution in [2.75, 3.05) is 5.32 Å². The molecule has 2 aromatic rings. The fraction of sp³-hybridized carbons (Fsp3) is 0.118. The van der Waals surface area contributed by atoms with Crippen LogP contribution in [0.5, 0.6) is 0 Å². The van der Waals surface area contributed by atoms with E-state index in [2.05, 4.69) is 10.3 Å². The Hall–Kier alpha value is -2.95. The van der Waals surface area contributed by atoms with Gasteiger partial charge in [-0.1, -0.05) is 12.1 Å². The van der Waals surface area contributed by atoms with Gasteiger partial charge in [-0.15, -0.1) is 0 Å². The summed E-state index contributed by atoms with van der Waals surface area (Å²) >= 11 is 0. The van der Waals surface area contributed by atoms with Crippen LogP contribution >= 0.6 is 0 Å². The molecular weight excluding hydrogens is 280 g/mol. The standard InChI is InChI=1S/C17H16N2O3/c1-12(17(21)22)10-16(20)19-15-4-2-13(3-5-15)11-14-6-8-18-9-7-14/h2-10H,11H2,1H3,(H,19,20)(H,21,22)/b12-10+. The van der Waals surface area contributed by atoms with Crippen molar-refractivity contribution in [2.45, 2.75) is 13.3 Å². The Morgan fingerprint density at radius 1 is 1.09 bits per heavy atom. The van der Waals surface area contributed by atoms with Crippen LogP contribution in [0, 0.1) is 0 Å². The van der Waals surface area contributed by atoms with E-state index in [1.54, 1.807) is 24.5 Å². The molecule has 0 bridgehead atoms. The minimum absolute atomic E-state index is 0.00759. The van der Waals surface area contributed by atoms with Gasteiger partial charge in [-0.05, 0) is 48.7 Å². The van der Waals surface area contributed by atoms with Crippen molar-refractivity contribution < 1.29 is 14.7 Å². The van der Waals surface area contributed by atoms with E-state index in [9.17, 15) is 9.59 Å². The van der Waals surface area contributed by atoms with Crippen LogP contribution in [0.1, 0.15) is 18.1 Å². The molecule has 22 heavy (non-hydrogen) atoms. The van der Waals surface area contributed by atoms with Crippen molar-refractivity contribution in [3.05, 3.63) is 71.6 Å². The number of aliphatic carboxylic acids is 1. The molecule has 0 aliphatic heterocycles. The lowest BCUT2D eigenvalue weighted by molar-refractivity contribution is -0.132. The highest BCUT2D eigenvalue weighted by Crippen LogP contribution is 2.13. The van der Waals surface area contributed by atoms with Gasteiger partial charge in [0.25, 0.3) is 0 Å². The molecule has 0 aliphatic rings. The number of carbonyl (C=O) groups is 2. The van der Waals surface area contributed by atoms with Crippen LogP contribution in [-0.2, 0) is 16.0 Å². The van der Waals surface area contributed by atoms with Crippen molar-refractivity contribution in [1.82, 2.24) is 4.98 Å². The third-order valence-electron chi connectivity index (χ3n) is 3.06. The van der Waals surface area contributed by atoms with E-state index in [1.165, 1.54) is 6.92 Å². The first kappa shape index (κ1) is 15.4. The number of pyridine rings is 1. The number of hydrogen-bond donors (Lipinski definition) is 2. The molecule has 1 aromatic carbocycles. The van der Waals surface area contributed by atoms with Gasteiger partial charge >= 0.3 is 5.97 Å². The first-order valence-corrected chi connectivity index (χ1v) is 6.75. The van der Waals surface area contributed by atoms with Crippen LogP contribution in [-0.4, -0.2) is 22.0 Å². The van der Waals surface area contributed by atoms with Gasteiger partial charge in [0.15, 0.2) is 0 Å². The molecule has 2 N–H and O–H groups in total. The number of nitrogens with zero attached hydrogens (tertiary/aromatic N) is 1. The number of carboxylic acid groups (broad SMARTS) is 1. The molecule has 1 heterocycles. The van der Waals surface area contributed by atoms with Crippen molar-refractivity contribution in [2.24, 2.45) is 0 Å². The zero-order chi connectivity index (χ0) is 15.9. The normalized spacial score (nSPS) is 11.0. The lowest BCUT2D eigenvalue weighted by Gasteiger charge is -2.05. The molecule has 0 saturated carbocycles. The highest BCUT2D eigenvalue weighted by Gasteiger charge is 2.04. The first-order chi connectivity index (χ1) is 10.5. The second kappa shape index (κ2) is 7.17. The van der Waals surface area contributed by atoms with Gasteiger partial charge in [0.05, 0.1) is 0 Å². The Bertz CT molecular complexity index is 692.